The average molecular weight is 384 g/mol. The average Bonchev–Trinajstić information content (AvgIpc) is 3.12. The molecule has 0 spiro atoms. The number of hydrogen-bond acceptors (Lipinski definition) is 3. The first-order valence-corrected chi connectivity index (χ1v) is 9.42. The number of aliphatic imine (C=N–C) groups is 1. The molecule has 0 aromatic heterocycles. The van der Waals surface area contributed by atoms with E-state index in [-0.39, 0.29) is 6.10 Å². The van der Waals surface area contributed by atoms with Crippen LogP contribution in [0.25, 0.3) is 0 Å². The van der Waals surface area contributed by atoms with Crippen molar-refractivity contribution in [1.82, 2.24) is 15.5 Å². The number of alkyl halides is 3. The van der Waals surface area contributed by atoms with Gasteiger partial charge in [0.25, 0.3) is 0 Å². The van der Waals surface area contributed by atoms with E-state index in [1.54, 1.807) is 7.05 Å². The van der Waals surface area contributed by atoms with Gasteiger partial charge in [0.1, 0.15) is 0 Å². The smallest absolute Gasteiger partial charge is 0.373 e. The summed E-state index contributed by atoms with van der Waals surface area (Å²) in [5.41, 5.74) is 0.228. The van der Waals surface area contributed by atoms with Gasteiger partial charge < -0.3 is 15.4 Å². The molecular weight excluding hydrogens is 357 g/mol. The van der Waals surface area contributed by atoms with E-state index in [2.05, 4.69) is 20.5 Å². The molecule has 2 heterocycles. The number of ether oxygens (including phenoxy) is 1. The van der Waals surface area contributed by atoms with Crippen molar-refractivity contribution in [2.45, 2.75) is 37.6 Å². The van der Waals surface area contributed by atoms with Crippen molar-refractivity contribution in [2.75, 3.05) is 39.8 Å². The molecule has 0 amide bonds. The van der Waals surface area contributed by atoms with Crippen LogP contribution in [0.4, 0.5) is 13.2 Å². The fourth-order valence-corrected chi connectivity index (χ4v) is 3.63. The maximum Gasteiger partial charge on any atom is 0.416 e. The van der Waals surface area contributed by atoms with Crippen molar-refractivity contribution in [2.24, 2.45) is 4.99 Å². The molecule has 1 aromatic rings. The summed E-state index contributed by atoms with van der Waals surface area (Å²) >= 11 is 0. The summed E-state index contributed by atoms with van der Waals surface area (Å²) in [4.78, 5) is 6.69. The monoisotopic (exact) mass is 384 g/mol. The predicted molar refractivity (Wildman–Crippen MR) is 98.8 cm³/mol. The van der Waals surface area contributed by atoms with Crippen LogP contribution in [0.3, 0.4) is 0 Å². The van der Waals surface area contributed by atoms with Crippen molar-refractivity contribution in [3.8, 4) is 0 Å². The Balaban J connectivity index is 1.38. The number of fused-ring (bicyclic) bond motifs is 1. The van der Waals surface area contributed by atoms with Gasteiger partial charge in [-0.15, -0.1) is 0 Å². The van der Waals surface area contributed by atoms with Crippen molar-refractivity contribution < 1.29 is 17.9 Å². The summed E-state index contributed by atoms with van der Waals surface area (Å²) in [5.74, 6) is 0.675. The molecule has 2 atom stereocenters. The molecule has 2 N–H and O–H groups in total. The number of morpholine rings is 1. The van der Waals surface area contributed by atoms with Crippen molar-refractivity contribution in [3.05, 3.63) is 35.4 Å². The largest absolute Gasteiger partial charge is 0.416 e. The molecule has 2 saturated heterocycles. The maximum absolute atomic E-state index is 12.6. The zero-order valence-corrected chi connectivity index (χ0v) is 15.6. The lowest BCUT2D eigenvalue weighted by Gasteiger charge is -2.35. The highest BCUT2D eigenvalue weighted by molar-refractivity contribution is 5.79. The number of halogens is 3. The molecule has 2 fully saturated rings. The SMILES string of the molecule is CN=C(NCCc1ccc(C(F)(F)F)cc1)NCC1CN2CCCC2CO1. The van der Waals surface area contributed by atoms with Gasteiger partial charge in [0.2, 0.25) is 0 Å². The summed E-state index contributed by atoms with van der Waals surface area (Å²) in [6.07, 6.45) is -1.05. The van der Waals surface area contributed by atoms with Crippen molar-refractivity contribution in [3.63, 3.8) is 0 Å². The molecule has 3 rings (SSSR count). The van der Waals surface area contributed by atoms with Crippen LogP contribution in [-0.2, 0) is 17.3 Å². The van der Waals surface area contributed by atoms with E-state index >= 15 is 0 Å². The second-order valence-electron chi connectivity index (χ2n) is 7.07. The van der Waals surface area contributed by atoms with Gasteiger partial charge in [-0.05, 0) is 43.5 Å². The highest BCUT2D eigenvalue weighted by Crippen LogP contribution is 2.29. The van der Waals surface area contributed by atoms with Gasteiger partial charge in [-0.25, -0.2) is 0 Å². The lowest BCUT2D eigenvalue weighted by Crippen LogP contribution is -2.51. The first-order valence-electron chi connectivity index (χ1n) is 9.42. The van der Waals surface area contributed by atoms with E-state index < -0.39 is 11.7 Å². The molecule has 8 heteroatoms. The molecular formula is C19H27F3N4O. The van der Waals surface area contributed by atoms with E-state index in [4.69, 9.17) is 4.74 Å². The highest BCUT2D eigenvalue weighted by atomic mass is 19.4. The summed E-state index contributed by atoms with van der Waals surface area (Å²) in [6.45, 7) is 4.17. The van der Waals surface area contributed by atoms with Crippen LogP contribution in [0.15, 0.2) is 29.3 Å². The molecule has 2 aliphatic rings. The lowest BCUT2D eigenvalue weighted by molar-refractivity contribution is -0.137. The molecule has 27 heavy (non-hydrogen) atoms. The molecule has 150 valence electrons. The second kappa shape index (κ2) is 8.93. The Morgan fingerprint density at radius 3 is 2.74 bits per heavy atom. The minimum atomic E-state index is -4.29. The molecule has 0 radical (unpaired) electrons. The molecule has 1 aromatic carbocycles. The molecule has 0 aliphatic carbocycles. The summed E-state index contributed by atoms with van der Waals surface area (Å²) in [5, 5.41) is 6.47. The van der Waals surface area contributed by atoms with Gasteiger partial charge in [-0.2, -0.15) is 13.2 Å². The van der Waals surface area contributed by atoms with Gasteiger partial charge in [0.15, 0.2) is 5.96 Å². The standard InChI is InChI=1S/C19H27F3N4O/c1-23-18(25-11-17-12-26-10-2-3-16(26)13-27-17)24-9-8-14-4-6-15(7-5-14)19(20,21)22/h4-7,16-17H,2-3,8-13H2,1H3,(H2,23,24,25). The Hall–Kier alpha value is -1.80. The summed E-state index contributed by atoms with van der Waals surface area (Å²) in [7, 11) is 1.70. The van der Waals surface area contributed by atoms with Gasteiger partial charge in [-0.1, -0.05) is 12.1 Å². The maximum atomic E-state index is 12.6. The molecule has 0 saturated carbocycles. The minimum absolute atomic E-state index is 0.146. The normalized spacial score (nSPS) is 23.9. The van der Waals surface area contributed by atoms with E-state index in [0.717, 1.165) is 37.4 Å². The summed E-state index contributed by atoms with van der Waals surface area (Å²) < 4.78 is 43.7. The van der Waals surface area contributed by atoms with Crippen LogP contribution in [-0.4, -0.2) is 62.8 Å². The Bertz CT molecular complexity index is 633. The number of guanidine groups is 1. The van der Waals surface area contributed by atoms with Crippen molar-refractivity contribution >= 4 is 5.96 Å². The first-order chi connectivity index (χ1) is 13.0. The quantitative estimate of drug-likeness (QED) is 0.604. The Labute approximate surface area is 158 Å². The van der Waals surface area contributed by atoms with E-state index in [1.165, 1.54) is 25.0 Å². The Morgan fingerprint density at radius 2 is 2.04 bits per heavy atom. The van der Waals surface area contributed by atoms with Crippen LogP contribution in [0, 0.1) is 0 Å². The van der Waals surface area contributed by atoms with Crippen LogP contribution < -0.4 is 10.6 Å². The number of rotatable bonds is 5. The zero-order chi connectivity index (χ0) is 19.3. The zero-order valence-electron chi connectivity index (χ0n) is 15.6. The minimum Gasteiger partial charge on any atom is -0.373 e. The van der Waals surface area contributed by atoms with Crippen LogP contribution in [0.2, 0.25) is 0 Å². The Kier molecular flexibility index (Phi) is 6.59. The number of nitrogens with zero attached hydrogens (tertiary/aromatic N) is 2. The number of nitrogens with one attached hydrogen (secondary N) is 2. The predicted octanol–water partition coefficient (Wildman–Crippen LogP) is 2.28. The van der Waals surface area contributed by atoms with Gasteiger partial charge >= 0.3 is 6.18 Å². The third kappa shape index (κ3) is 5.59. The van der Waals surface area contributed by atoms with Crippen LogP contribution >= 0.6 is 0 Å². The van der Waals surface area contributed by atoms with Gasteiger partial charge in [-0.3, -0.25) is 9.89 Å². The molecule has 2 aliphatic heterocycles. The number of benzene rings is 1. The first kappa shape index (κ1) is 19.9. The fourth-order valence-electron chi connectivity index (χ4n) is 3.63. The second-order valence-corrected chi connectivity index (χ2v) is 7.07. The lowest BCUT2D eigenvalue weighted by atomic mass is 10.1. The van der Waals surface area contributed by atoms with Crippen molar-refractivity contribution in [1.29, 1.82) is 0 Å². The molecule has 0 bridgehead atoms. The van der Waals surface area contributed by atoms with Gasteiger partial charge in [0.05, 0.1) is 18.3 Å². The third-order valence-electron chi connectivity index (χ3n) is 5.17. The molecule has 2 unspecified atom stereocenters. The topological polar surface area (TPSA) is 48.9 Å². The fraction of sp³-hybridized carbons (Fsp3) is 0.632. The van der Waals surface area contributed by atoms with E-state index in [1.807, 2.05) is 0 Å². The van der Waals surface area contributed by atoms with E-state index in [0.29, 0.717) is 31.5 Å². The third-order valence-corrected chi connectivity index (χ3v) is 5.17. The van der Waals surface area contributed by atoms with Crippen LogP contribution in [0.5, 0.6) is 0 Å². The number of hydrogen-bond donors (Lipinski definition) is 2. The summed E-state index contributed by atoms with van der Waals surface area (Å²) in [6, 6.07) is 5.86. The van der Waals surface area contributed by atoms with Crippen LogP contribution in [0.1, 0.15) is 24.0 Å². The highest BCUT2D eigenvalue weighted by Gasteiger charge is 2.32. The van der Waals surface area contributed by atoms with E-state index in [9.17, 15) is 13.2 Å². The van der Waals surface area contributed by atoms with Gasteiger partial charge in [0, 0.05) is 32.7 Å². The molecule has 5 nitrogen and oxygen atoms in total. The Morgan fingerprint density at radius 1 is 1.26 bits per heavy atom.